The first-order valence-electron chi connectivity index (χ1n) is 6.59. The zero-order valence-electron chi connectivity index (χ0n) is 12.5. The van der Waals surface area contributed by atoms with E-state index in [9.17, 15) is 32.9 Å². The van der Waals surface area contributed by atoms with Gasteiger partial charge in [-0.15, -0.1) is 0 Å². The van der Waals surface area contributed by atoms with Crippen LogP contribution in [0, 0.1) is 15.5 Å². The molecule has 24 heavy (non-hydrogen) atoms. The molecule has 1 aliphatic rings. The second-order valence-corrected chi connectivity index (χ2v) is 5.18. The van der Waals surface area contributed by atoms with Gasteiger partial charge in [-0.05, 0) is 17.7 Å². The van der Waals surface area contributed by atoms with Crippen LogP contribution in [0.3, 0.4) is 0 Å². The van der Waals surface area contributed by atoms with Gasteiger partial charge in [0, 0.05) is 4.92 Å². The molecule has 10 heteroatoms. The van der Waals surface area contributed by atoms with E-state index in [-0.39, 0.29) is 5.56 Å². The predicted molar refractivity (Wildman–Crippen MR) is 71.4 cm³/mol. The van der Waals surface area contributed by atoms with E-state index in [0.717, 1.165) is 38.5 Å². The quantitative estimate of drug-likeness (QED) is 0.357. The molecule has 1 fully saturated rings. The minimum Gasteiger partial charge on any atom is -0.468 e. The fraction of sp³-hybridized carbons (Fsp3) is 0.429. The standard InChI is InChI=1S/C14H12F3NO6/c1-23-11(19)13(12(20)24-2)9(10(13)18(21)22)7-3-5-8(6-4-7)14(15,16)17/h3-6,9-10H,1-2H3/t9-,10-/m1/s1. The molecule has 0 amide bonds. The van der Waals surface area contributed by atoms with Gasteiger partial charge in [-0.25, -0.2) is 0 Å². The van der Waals surface area contributed by atoms with E-state index in [0.29, 0.717) is 0 Å². The Kier molecular flexibility index (Phi) is 4.25. The molecular formula is C14H12F3NO6. The third-order valence-corrected chi connectivity index (χ3v) is 4.03. The predicted octanol–water partition coefficient (Wildman–Crippen LogP) is 1.78. The highest BCUT2D eigenvalue weighted by Crippen LogP contribution is 2.62. The lowest BCUT2D eigenvalue weighted by molar-refractivity contribution is -0.501. The fourth-order valence-corrected chi connectivity index (χ4v) is 2.90. The van der Waals surface area contributed by atoms with E-state index in [2.05, 4.69) is 9.47 Å². The molecule has 1 saturated carbocycles. The van der Waals surface area contributed by atoms with Gasteiger partial charge in [-0.1, -0.05) is 12.1 Å². The molecule has 2 rings (SSSR count). The first-order chi connectivity index (χ1) is 11.1. The Labute approximate surface area is 133 Å². The number of nitro groups is 1. The van der Waals surface area contributed by atoms with Crippen LogP contribution in [0.5, 0.6) is 0 Å². The summed E-state index contributed by atoms with van der Waals surface area (Å²) >= 11 is 0. The third-order valence-electron chi connectivity index (χ3n) is 4.03. The molecule has 0 bridgehead atoms. The number of ether oxygens (including phenoxy) is 2. The zero-order valence-corrected chi connectivity index (χ0v) is 12.5. The van der Waals surface area contributed by atoms with Crippen LogP contribution >= 0.6 is 0 Å². The second kappa shape index (κ2) is 5.77. The maximum Gasteiger partial charge on any atom is 0.416 e. The SMILES string of the molecule is COC(=O)C1(C(=O)OC)[C@H](c2ccc(C(F)(F)F)cc2)[C@H]1[N+](=O)[O-]. The molecule has 1 aliphatic carbocycles. The molecule has 0 heterocycles. The number of carbonyl (C=O) groups is 2. The molecule has 0 aliphatic heterocycles. The summed E-state index contributed by atoms with van der Waals surface area (Å²) in [5.74, 6) is -3.60. The van der Waals surface area contributed by atoms with Crippen molar-refractivity contribution in [1.29, 1.82) is 0 Å². The normalized spacial score (nSPS) is 21.7. The summed E-state index contributed by atoms with van der Waals surface area (Å²) in [5, 5.41) is 11.2. The molecule has 1 aromatic carbocycles. The van der Waals surface area contributed by atoms with E-state index in [1.54, 1.807) is 0 Å². The molecule has 130 valence electrons. The van der Waals surface area contributed by atoms with Crippen molar-refractivity contribution in [3.05, 3.63) is 45.5 Å². The molecule has 1 aromatic rings. The lowest BCUT2D eigenvalue weighted by Gasteiger charge is -2.11. The maximum absolute atomic E-state index is 12.6. The molecule has 0 unspecified atom stereocenters. The summed E-state index contributed by atoms with van der Waals surface area (Å²) in [4.78, 5) is 34.4. The molecule has 0 N–H and O–H groups in total. The molecule has 2 atom stereocenters. The van der Waals surface area contributed by atoms with Crippen molar-refractivity contribution >= 4 is 11.9 Å². The molecule has 0 spiro atoms. The summed E-state index contributed by atoms with van der Waals surface area (Å²) in [6, 6.07) is 1.78. The Hall–Kier alpha value is -2.65. The summed E-state index contributed by atoms with van der Waals surface area (Å²) in [5.41, 5.74) is -3.11. The summed E-state index contributed by atoms with van der Waals surface area (Å²) in [6.07, 6.45) is -4.58. The highest BCUT2D eigenvalue weighted by Gasteiger charge is 2.85. The molecule has 0 radical (unpaired) electrons. The van der Waals surface area contributed by atoms with Crippen LogP contribution < -0.4 is 0 Å². The van der Waals surface area contributed by atoms with Crippen molar-refractivity contribution in [1.82, 2.24) is 0 Å². The highest BCUT2D eigenvalue weighted by molar-refractivity contribution is 6.06. The summed E-state index contributed by atoms with van der Waals surface area (Å²) in [6.45, 7) is 0. The van der Waals surface area contributed by atoms with Crippen LogP contribution in [-0.4, -0.2) is 37.1 Å². The first-order valence-corrected chi connectivity index (χ1v) is 6.59. The highest BCUT2D eigenvalue weighted by atomic mass is 19.4. The lowest BCUT2D eigenvalue weighted by Crippen LogP contribution is -2.34. The van der Waals surface area contributed by atoms with E-state index >= 15 is 0 Å². The summed E-state index contributed by atoms with van der Waals surface area (Å²) < 4.78 is 46.8. The lowest BCUT2D eigenvalue weighted by atomic mass is 9.98. The number of methoxy groups -OCH3 is 2. The number of carbonyl (C=O) groups excluding carboxylic acids is 2. The number of rotatable bonds is 4. The smallest absolute Gasteiger partial charge is 0.416 e. The Bertz CT molecular complexity index is 669. The molecule has 7 nitrogen and oxygen atoms in total. The van der Waals surface area contributed by atoms with Gasteiger partial charge >= 0.3 is 18.1 Å². The van der Waals surface area contributed by atoms with Gasteiger partial charge in [-0.3, -0.25) is 19.7 Å². The van der Waals surface area contributed by atoms with Crippen molar-refractivity contribution in [3.8, 4) is 0 Å². The van der Waals surface area contributed by atoms with Gasteiger partial charge < -0.3 is 9.47 Å². The first kappa shape index (κ1) is 17.7. The van der Waals surface area contributed by atoms with Crippen LogP contribution in [0.1, 0.15) is 17.0 Å². The minimum absolute atomic E-state index is 0.0421. The summed E-state index contributed by atoms with van der Waals surface area (Å²) in [7, 11) is 1.90. The van der Waals surface area contributed by atoms with E-state index in [1.165, 1.54) is 0 Å². The second-order valence-electron chi connectivity index (χ2n) is 5.18. The van der Waals surface area contributed by atoms with Crippen LogP contribution in [-0.2, 0) is 25.2 Å². The van der Waals surface area contributed by atoms with Crippen LogP contribution in [0.2, 0.25) is 0 Å². The van der Waals surface area contributed by atoms with Gasteiger partial charge in [0.25, 0.3) is 0 Å². The average Bonchev–Trinajstić information content (AvgIpc) is 3.24. The van der Waals surface area contributed by atoms with Crippen LogP contribution in [0.4, 0.5) is 13.2 Å². The van der Waals surface area contributed by atoms with E-state index in [1.807, 2.05) is 0 Å². The van der Waals surface area contributed by atoms with Gasteiger partial charge in [0.2, 0.25) is 11.5 Å². The Morgan fingerprint density at radius 1 is 1.12 bits per heavy atom. The van der Waals surface area contributed by atoms with Gasteiger partial charge in [0.15, 0.2) is 0 Å². The van der Waals surface area contributed by atoms with E-state index < -0.39 is 46.0 Å². The van der Waals surface area contributed by atoms with Crippen LogP contribution in [0.15, 0.2) is 24.3 Å². The number of halogens is 3. The number of benzene rings is 1. The number of esters is 2. The van der Waals surface area contributed by atoms with Crippen LogP contribution in [0.25, 0.3) is 0 Å². The number of nitrogens with zero attached hydrogens (tertiary/aromatic N) is 1. The van der Waals surface area contributed by atoms with Crippen molar-refractivity contribution < 1.29 is 37.2 Å². The fourth-order valence-electron chi connectivity index (χ4n) is 2.90. The monoisotopic (exact) mass is 347 g/mol. The maximum atomic E-state index is 12.6. The largest absolute Gasteiger partial charge is 0.468 e. The Morgan fingerprint density at radius 2 is 1.58 bits per heavy atom. The Balaban J connectivity index is 2.49. The topological polar surface area (TPSA) is 95.7 Å². The zero-order chi connectivity index (χ0) is 18.3. The molecule has 0 saturated heterocycles. The number of alkyl halides is 3. The molecular weight excluding hydrogens is 335 g/mol. The number of hydrogen-bond acceptors (Lipinski definition) is 6. The number of hydrogen-bond donors (Lipinski definition) is 0. The van der Waals surface area contributed by atoms with E-state index in [4.69, 9.17) is 0 Å². The van der Waals surface area contributed by atoms with Gasteiger partial charge in [0.05, 0.1) is 25.7 Å². The van der Waals surface area contributed by atoms with Crippen molar-refractivity contribution in [2.24, 2.45) is 5.41 Å². The van der Waals surface area contributed by atoms with Crippen molar-refractivity contribution in [2.45, 2.75) is 18.1 Å². The average molecular weight is 347 g/mol. The van der Waals surface area contributed by atoms with Crippen molar-refractivity contribution in [3.63, 3.8) is 0 Å². The van der Waals surface area contributed by atoms with Gasteiger partial charge in [0.1, 0.15) is 0 Å². The Morgan fingerprint density at radius 3 is 1.92 bits per heavy atom. The van der Waals surface area contributed by atoms with Crippen molar-refractivity contribution in [2.75, 3.05) is 14.2 Å². The minimum atomic E-state index is -4.58. The third kappa shape index (κ3) is 2.47. The molecule has 0 aromatic heterocycles. The van der Waals surface area contributed by atoms with Gasteiger partial charge in [-0.2, -0.15) is 13.2 Å².